The summed E-state index contributed by atoms with van der Waals surface area (Å²) in [6.45, 7) is 4.24. The number of rotatable bonds is 6. The average Bonchev–Trinajstić information content (AvgIpc) is 2.77. The highest BCUT2D eigenvalue weighted by atomic mass is 32.2. The van der Waals surface area contributed by atoms with Crippen LogP contribution in [-0.2, 0) is 19.9 Å². The monoisotopic (exact) mass is 346 g/mol. The molecule has 0 bridgehead atoms. The summed E-state index contributed by atoms with van der Waals surface area (Å²) in [6.07, 6.45) is 0.589. The van der Waals surface area contributed by atoms with Crippen molar-refractivity contribution in [3.63, 3.8) is 0 Å². The Labute approximate surface area is 132 Å². The van der Waals surface area contributed by atoms with E-state index in [1.807, 2.05) is 13.0 Å². The van der Waals surface area contributed by atoms with Gasteiger partial charge in [-0.05, 0) is 37.5 Å². The summed E-state index contributed by atoms with van der Waals surface area (Å²) >= 11 is 0. The zero-order chi connectivity index (χ0) is 16.4. The minimum Gasteiger partial charge on any atom is -0.312 e. The number of aryl methyl sites for hydroxylation is 2. The van der Waals surface area contributed by atoms with Crippen molar-refractivity contribution in [3.05, 3.63) is 29.3 Å². The predicted molar refractivity (Wildman–Crippen MR) is 86.2 cm³/mol. The summed E-state index contributed by atoms with van der Waals surface area (Å²) in [5, 5.41) is 3.08. The second-order valence-electron chi connectivity index (χ2n) is 5.72. The summed E-state index contributed by atoms with van der Waals surface area (Å²) in [5.41, 5.74) is 1.59. The number of hydrogen-bond donors (Lipinski definition) is 2. The highest BCUT2D eigenvalue weighted by Gasteiger charge is 2.27. The van der Waals surface area contributed by atoms with Gasteiger partial charge in [-0.1, -0.05) is 12.1 Å². The van der Waals surface area contributed by atoms with Crippen molar-refractivity contribution < 1.29 is 16.8 Å². The summed E-state index contributed by atoms with van der Waals surface area (Å²) in [5.74, 6) is 0.343. The highest BCUT2D eigenvalue weighted by Crippen LogP contribution is 2.16. The van der Waals surface area contributed by atoms with Crippen molar-refractivity contribution >= 4 is 19.9 Å². The van der Waals surface area contributed by atoms with Gasteiger partial charge < -0.3 is 5.32 Å². The maximum absolute atomic E-state index is 12.3. The molecule has 6 nitrogen and oxygen atoms in total. The molecule has 1 fully saturated rings. The van der Waals surface area contributed by atoms with Crippen molar-refractivity contribution in [2.75, 3.05) is 24.6 Å². The van der Waals surface area contributed by atoms with E-state index >= 15 is 0 Å². The topological polar surface area (TPSA) is 92.3 Å². The second kappa shape index (κ2) is 6.66. The van der Waals surface area contributed by atoms with E-state index in [1.54, 1.807) is 19.1 Å². The van der Waals surface area contributed by atoms with E-state index in [0.717, 1.165) is 5.56 Å². The van der Waals surface area contributed by atoms with Crippen LogP contribution in [0.5, 0.6) is 0 Å². The number of hydrogen-bond acceptors (Lipinski definition) is 5. The van der Waals surface area contributed by atoms with E-state index in [-0.39, 0.29) is 29.0 Å². The number of benzene rings is 1. The Morgan fingerprint density at radius 1 is 1.23 bits per heavy atom. The van der Waals surface area contributed by atoms with Crippen LogP contribution in [0.1, 0.15) is 17.5 Å². The van der Waals surface area contributed by atoms with Gasteiger partial charge in [0.25, 0.3) is 0 Å². The molecule has 0 saturated carbocycles. The SMILES string of the molecule is Cc1ccc(C)c(S(=O)(=O)NCCN[C@@H]2CCS(=O)(=O)C2)c1. The molecule has 1 aromatic carbocycles. The first-order valence-corrected chi connectivity index (χ1v) is 10.5. The molecule has 0 amide bonds. The Bertz CT molecular complexity index is 742. The van der Waals surface area contributed by atoms with Crippen molar-refractivity contribution in [3.8, 4) is 0 Å². The van der Waals surface area contributed by atoms with Crippen LogP contribution >= 0.6 is 0 Å². The van der Waals surface area contributed by atoms with Crippen molar-refractivity contribution in [2.24, 2.45) is 0 Å². The van der Waals surface area contributed by atoms with Gasteiger partial charge in [0, 0.05) is 19.1 Å². The van der Waals surface area contributed by atoms with Crippen LogP contribution in [-0.4, -0.2) is 47.5 Å². The van der Waals surface area contributed by atoms with Crippen molar-refractivity contribution in [1.29, 1.82) is 0 Å². The smallest absolute Gasteiger partial charge is 0.240 e. The molecule has 1 saturated heterocycles. The predicted octanol–water partition coefficient (Wildman–Crippen LogP) is 0.358. The lowest BCUT2D eigenvalue weighted by molar-refractivity contribution is 0.542. The van der Waals surface area contributed by atoms with Crippen LogP contribution in [0.3, 0.4) is 0 Å². The molecule has 22 heavy (non-hydrogen) atoms. The molecule has 1 aliphatic rings. The summed E-state index contributed by atoms with van der Waals surface area (Å²) in [6, 6.07) is 5.23. The van der Waals surface area contributed by atoms with Crippen LogP contribution < -0.4 is 10.0 Å². The number of sulfone groups is 1. The lowest BCUT2D eigenvalue weighted by atomic mass is 10.2. The molecule has 2 N–H and O–H groups in total. The Balaban J connectivity index is 1.87. The Morgan fingerprint density at radius 3 is 2.59 bits per heavy atom. The van der Waals surface area contributed by atoms with E-state index in [2.05, 4.69) is 10.0 Å². The summed E-state index contributed by atoms with van der Waals surface area (Å²) in [4.78, 5) is 0.288. The van der Waals surface area contributed by atoms with E-state index in [0.29, 0.717) is 18.5 Å². The first-order chi connectivity index (χ1) is 10.2. The molecule has 0 aromatic heterocycles. The normalized spacial score (nSPS) is 21.1. The molecule has 8 heteroatoms. The third-order valence-electron chi connectivity index (χ3n) is 3.72. The third-order valence-corrected chi connectivity index (χ3v) is 7.09. The van der Waals surface area contributed by atoms with E-state index in [9.17, 15) is 16.8 Å². The lowest BCUT2D eigenvalue weighted by Gasteiger charge is -2.13. The minimum atomic E-state index is -3.54. The fraction of sp³-hybridized carbons (Fsp3) is 0.571. The van der Waals surface area contributed by atoms with Crippen LogP contribution in [0, 0.1) is 13.8 Å². The van der Waals surface area contributed by atoms with Crippen LogP contribution in [0.4, 0.5) is 0 Å². The van der Waals surface area contributed by atoms with Crippen LogP contribution in [0.2, 0.25) is 0 Å². The minimum absolute atomic E-state index is 0.0739. The maximum Gasteiger partial charge on any atom is 0.240 e. The number of nitrogens with one attached hydrogen (secondary N) is 2. The molecule has 1 heterocycles. The third kappa shape index (κ3) is 4.52. The standard InChI is InChI=1S/C14H22N2O4S2/c1-11-3-4-12(2)14(9-11)22(19,20)16-7-6-15-13-5-8-21(17,18)10-13/h3-4,9,13,15-16H,5-8,10H2,1-2H3/t13-/m1/s1. The summed E-state index contributed by atoms with van der Waals surface area (Å²) < 4.78 is 49.8. The van der Waals surface area contributed by atoms with Gasteiger partial charge >= 0.3 is 0 Å². The van der Waals surface area contributed by atoms with Gasteiger partial charge in [-0.2, -0.15) is 0 Å². The lowest BCUT2D eigenvalue weighted by Crippen LogP contribution is -2.37. The zero-order valence-corrected chi connectivity index (χ0v) is 14.4. The highest BCUT2D eigenvalue weighted by molar-refractivity contribution is 7.91. The Morgan fingerprint density at radius 2 is 1.95 bits per heavy atom. The molecule has 0 unspecified atom stereocenters. The van der Waals surface area contributed by atoms with Crippen LogP contribution in [0.25, 0.3) is 0 Å². The van der Waals surface area contributed by atoms with Gasteiger partial charge in [-0.3, -0.25) is 0 Å². The van der Waals surface area contributed by atoms with Crippen LogP contribution in [0.15, 0.2) is 23.1 Å². The van der Waals surface area contributed by atoms with Gasteiger partial charge in [0.15, 0.2) is 9.84 Å². The Hall–Kier alpha value is -0.960. The molecule has 1 atom stereocenters. The van der Waals surface area contributed by atoms with Gasteiger partial charge in [0.1, 0.15) is 0 Å². The van der Waals surface area contributed by atoms with E-state index in [4.69, 9.17) is 0 Å². The first-order valence-electron chi connectivity index (χ1n) is 7.20. The van der Waals surface area contributed by atoms with Gasteiger partial charge in [-0.25, -0.2) is 21.6 Å². The fourth-order valence-electron chi connectivity index (χ4n) is 2.49. The molecule has 2 rings (SSSR count). The van der Waals surface area contributed by atoms with Crippen molar-refractivity contribution in [1.82, 2.24) is 10.0 Å². The first kappa shape index (κ1) is 17.4. The fourth-order valence-corrected chi connectivity index (χ4v) is 5.56. The molecule has 1 aromatic rings. The largest absolute Gasteiger partial charge is 0.312 e. The molecule has 1 aliphatic heterocycles. The van der Waals surface area contributed by atoms with Gasteiger partial charge in [0.2, 0.25) is 10.0 Å². The quantitative estimate of drug-likeness (QED) is 0.726. The molecule has 0 aliphatic carbocycles. The average molecular weight is 346 g/mol. The number of sulfonamides is 1. The summed E-state index contributed by atoms with van der Waals surface area (Å²) in [7, 11) is -6.46. The molecule has 0 spiro atoms. The Kier molecular flexibility index (Phi) is 5.26. The maximum atomic E-state index is 12.3. The molecule has 0 radical (unpaired) electrons. The van der Waals surface area contributed by atoms with Gasteiger partial charge in [0.05, 0.1) is 16.4 Å². The molecular weight excluding hydrogens is 324 g/mol. The van der Waals surface area contributed by atoms with Crippen molar-refractivity contribution in [2.45, 2.75) is 31.2 Å². The van der Waals surface area contributed by atoms with E-state index < -0.39 is 19.9 Å². The molecular formula is C14H22N2O4S2. The van der Waals surface area contributed by atoms with E-state index in [1.165, 1.54) is 0 Å². The molecule has 124 valence electrons. The second-order valence-corrected chi connectivity index (χ2v) is 9.68. The zero-order valence-electron chi connectivity index (χ0n) is 12.8. The van der Waals surface area contributed by atoms with Gasteiger partial charge in [-0.15, -0.1) is 0 Å².